The molecule has 5 aliphatic carbocycles. The third kappa shape index (κ3) is 3.86. The highest BCUT2D eigenvalue weighted by molar-refractivity contribution is 5.72. The number of carboxylic acids is 1. The predicted octanol–water partition coefficient (Wildman–Crippen LogP) is 6.89. The molecule has 5 saturated carbocycles. The van der Waals surface area contributed by atoms with Crippen LogP contribution < -0.4 is 0 Å². The molecule has 1 saturated heterocycles. The molecule has 0 amide bonds. The van der Waals surface area contributed by atoms with E-state index in [0.29, 0.717) is 40.1 Å². The second-order valence-electron chi connectivity index (χ2n) is 17.0. The lowest BCUT2D eigenvalue weighted by molar-refractivity contribution is -0.254. The van der Waals surface area contributed by atoms with E-state index in [2.05, 4.69) is 48.5 Å². The van der Waals surface area contributed by atoms with E-state index in [1.165, 1.54) is 51.4 Å². The van der Waals surface area contributed by atoms with Crippen molar-refractivity contribution in [3.05, 3.63) is 0 Å². The molecule has 0 aromatic rings. The number of aliphatic carboxylic acids is 1. The van der Waals surface area contributed by atoms with Crippen LogP contribution in [0.5, 0.6) is 0 Å². The van der Waals surface area contributed by atoms with Gasteiger partial charge >= 0.3 is 11.9 Å². The van der Waals surface area contributed by atoms with Crippen LogP contribution in [0.1, 0.15) is 113 Å². The maximum Gasteiger partial charge on any atom is 0.332 e. The van der Waals surface area contributed by atoms with Gasteiger partial charge in [0, 0.05) is 5.41 Å². The van der Waals surface area contributed by atoms with Crippen molar-refractivity contribution in [3.63, 3.8) is 0 Å². The monoisotopic (exact) mass is 558 g/mol. The third-order valence-electron chi connectivity index (χ3n) is 14.8. The van der Waals surface area contributed by atoms with Gasteiger partial charge in [0.1, 0.15) is 19.3 Å². The molecule has 226 valence electrons. The molecule has 6 aliphatic rings. The quantitative estimate of drug-likeness (QED) is 0.370. The van der Waals surface area contributed by atoms with Crippen LogP contribution in [0.2, 0.25) is 0 Å². The number of hydrogen-bond acceptors (Lipinski definition) is 5. The van der Waals surface area contributed by atoms with Crippen LogP contribution in [0.4, 0.5) is 0 Å². The van der Waals surface area contributed by atoms with E-state index in [9.17, 15) is 9.59 Å². The fraction of sp³-hybridized carbons (Fsp3) is 0.941. The Labute approximate surface area is 241 Å². The smallest absolute Gasteiger partial charge is 0.332 e. The van der Waals surface area contributed by atoms with Gasteiger partial charge in [0.25, 0.3) is 0 Å². The van der Waals surface area contributed by atoms with E-state index in [1.807, 2.05) is 0 Å². The summed E-state index contributed by atoms with van der Waals surface area (Å²) < 4.78 is 17.7. The lowest BCUT2D eigenvalue weighted by Gasteiger charge is -2.73. The number of carbonyl (C=O) groups is 2. The van der Waals surface area contributed by atoms with Gasteiger partial charge in [0.05, 0.1) is 12.7 Å². The molecule has 2 bridgehead atoms. The zero-order valence-corrected chi connectivity index (χ0v) is 26.1. The van der Waals surface area contributed by atoms with Crippen molar-refractivity contribution >= 4 is 11.9 Å². The van der Waals surface area contributed by atoms with Crippen molar-refractivity contribution in [2.45, 2.75) is 125 Å². The van der Waals surface area contributed by atoms with Crippen LogP contribution in [-0.4, -0.2) is 49.1 Å². The van der Waals surface area contributed by atoms with Crippen LogP contribution in [0.15, 0.2) is 0 Å². The normalized spacial score (nSPS) is 50.1. The number of fused-ring (bicyclic) bond motifs is 5. The number of carbonyl (C=O) groups excluding carboxylic acids is 1. The molecule has 6 nitrogen and oxygen atoms in total. The van der Waals surface area contributed by atoms with Gasteiger partial charge < -0.3 is 19.3 Å². The number of esters is 1. The number of rotatable bonds is 5. The molecule has 0 aromatic carbocycles. The molecule has 40 heavy (non-hydrogen) atoms. The molecule has 6 heteroatoms. The molecule has 10 unspecified atom stereocenters. The van der Waals surface area contributed by atoms with Gasteiger partial charge in [0.2, 0.25) is 0 Å². The van der Waals surface area contributed by atoms with E-state index in [4.69, 9.17) is 19.3 Å². The Kier molecular flexibility index (Phi) is 6.64. The van der Waals surface area contributed by atoms with Crippen LogP contribution >= 0.6 is 0 Å². The summed E-state index contributed by atoms with van der Waals surface area (Å²) in [5.41, 5.74) is 1.45. The predicted molar refractivity (Wildman–Crippen MR) is 153 cm³/mol. The van der Waals surface area contributed by atoms with Gasteiger partial charge in [-0.3, -0.25) is 0 Å². The Balaban J connectivity index is 1.24. The van der Waals surface area contributed by atoms with Crippen molar-refractivity contribution in [3.8, 4) is 0 Å². The maximum atomic E-state index is 12.6. The first kappa shape index (κ1) is 29.0. The number of ether oxygens (including phenoxy) is 3. The number of hydrogen-bond donors (Lipinski definition) is 1. The Hall–Kier alpha value is -1.14. The van der Waals surface area contributed by atoms with E-state index in [1.54, 1.807) is 0 Å². The standard InChI is InChI=1S/C34H54O6/c1-29(2)14-16-34-17-15-32(6)21(27(34)28(29)39-20-34)8-9-23-31(5)12-11-24(40-26(37)19-38-18-25(35)36)30(3,4)22(31)10-13-33(23,32)7/h21-24,27-28H,8-20H2,1-7H3,(H,35,36). The average Bonchev–Trinajstić information content (AvgIpc) is 3.20. The summed E-state index contributed by atoms with van der Waals surface area (Å²) in [5.74, 6) is 1.13. The Morgan fingerprint density at radius 2 is 1.52 bits per heavy atom. The minimum atomic E-state index is -1.07. The highest BCUT2D eigenvalue weighted by Crippen LogP contribution is 2.78. The third-order valence-corrected chi connectivity index (χ3v) is 14.8. The minimum Gasteiger partial charge on any atom is -0.480 e. The molecule has 6 rings (SSSR count). The van der Waals surface area contributed by atoms with Crippen molar-refractivity contribution in [2.24, 2.45) is 56.2 Å². The maximum absolute atomic E-state index is 12.6. The SMILES string of the molecule is CC1(C)CCC23CCC4(C)C(CCC5C6(C)CCC(OC(=O)COCC(=O)O)C(C)(C)C6CCC54C)C2C1OC3. The van der Waals surface area contributed by atoms with Crippen LogP contribution in [0.3, 0.4) is 0 Å². The fourth-order valence-electron chi connectivity index (χ4n) is 12.6. The van der Waals surface area contributed by atoms with Crippen LogP contribution in [0, 0.1) is 56.2 Å². The van der Waals surface area contributed by atoms with E-state index in [0.717, 1.165) is 25.4 Å². The molecular formula is C34H54O6. The van der Waals surface area contributed by atoms with Gasteiger partial charge in [-0.25, -0.2) is 9.59 Å². The lowest BCUT2D eigenvalue weighted by atomic mass is 9.31. The first-order chi connectivity index (χ1) is 18.6. The summed E-state index contributed by atoms with van der Waals surface area (Å²) >= 11 is 0. The first-order valence-corrected chi connectivity index (χ1v) is 16.2. The van der Waals surface area contributed by atoms with E-state index >= 15 is 0 Å². The summed E-state index contributed by atoms with van der Waals surface area (Å²) in [6, 6.07) is 0. The van der Waals surface area contributed by atoms with E-state index < -0.39 is 18.5 Å². The molecule has 1 heterocycles. The van der Waals surface area contributed by atoms with Crippen LogP contribution in [0.25, 0.3) is 0 Å². The summed E-state index contributed by atoms with van der Waals surface area (Å²) in [4.78, 5) is 23.3. The first-order valence-electron chi connectivity index (χ1n) is 16.2. The largest absolute Gasteiger partial charge is 0.480 e. The zero-order valence-electron chi connectivity index (χ0n) is 26.1. The second kappa shape index (κ2) is 9.18. The molecule has 1 aliphatic heterocycles. The molecule has 0 radical (unpaired) electrons. The van der Waals surface area contributed by atoms with Crippen LogP contribution in [-0.2, 0) is 23.8 Å². The molecule has 1 N–H and O–H groups in total. The molecule has 6 fully saturated rings. The van der Waals surface area contributed by atoms with Gasteiger partial charge in [0.15, 0.2) is 0 Å². The molecule has 0 aromatic heterocycles. The minimum absolute atomic E-state index is 0.133. The zero-order chi connectivity index (χ0) is 28.9. The average molecular weight is 559 g/mol. The summed E-state index contributed by atoms with van der Waals surface area (Å²) in [7, 11) is 0. The topological polar surface area (TPSA) is 82.1 Å². The molecule has 0 spiro atoms. The summed E-state index contributed by atoms with van der Waals surface area (Å²) in [6.07, 6.45) is 12.6. The Morgan fingerprint density at radius 3 is 2.25 bits per heavy atom. The lowest BCUT2D eigenvalue weighted by Crippen LogP contribution is -2.68. The van der Waals surface area contributed by atoms with Crippen molar-refractivity contribution in [1.82, 2.24) is 0 Å². The second-order valence-corrected chi connectivity index (χ2v) is 17.0. The molecule has 10 atom stereocenters. The van der Waals surface area contributed by atoms with Gasteiger partial charge in [-0.05, 0) is 115 Å². The van der Waals surface area contributed by atoms with Gasteiger partial charge in [-0.2, -0.15) is 0 Å². The van der Waals surface area contributed by atoms with Crippen molar-refractivity contribution in [1.29, 1.82) is 0 Å². The van der Waals surface area contributed by atoms with Crippen molar-refractivity contribution < 1.29 is 28.9 Å². The summed E-state index contributed by atoms with van der Waals surface area (Å²) in [6.45, 7) is 17.7. The highest BCUT2D eigenvalue weighted by Gasteiger charge is 2.72. The fourth-order valence-corrected chi connectivity index (χ4v) is 12.6. The summed E-state index contributed by atoms with van der Waals surface area (Å²) in [5, 5.41) is 8.82. The van der Waals surface area contributed by atoms with Gasteiger partial charge in [-0.15, -0.1) is 0 Å². The Morgan fingerprint density at radius 1 is 0.800 bits per heavy atom. The van der Waals surface area contributed by atoms with Crippen molar-refractivity contribution in [2.75, 3.05) is 19.8 Å². The highest BCUT2D eigenvalue weighted by atomic mass is 16.6. The van der Waals surface area contributed by atoms with E-state index in [-0.39, 0.29) is 29.0 Å². The Bertz CT molecular complexity index is 1050. The number of carboxylic acid groups (broad SMARTS) is 1. The molecular weight excluding hydrogens is 504 g/mol. The van der Waals surface area contributed by atoms with Gasteiger partial charge in [-0.1, -0.05) is 48.5 Å².